The van der Waals surface area contributed by atoms with E-state index in [1.807, 2.05) is 0 Å². The molecular weight excluding hydrogens is 478 g/mol. The van der Waals surface area contributed by atoms with Crippen LogP contribution in [0.2, 0.25) is 0 Å². The maximum Gasteiger partial charge on any atom is 0.347 e. The number of H-pyrrole nitrogens is 1. The number of rotatable bonds is 7. The highest BCUT2D eigenvalue weighted by Crippen LogP contribution is 2.33. The van der Waals surface area contributed by atoms with Crippen molar-refractivity contribution in [3.8, 4) is 17.1 Å². The summed E-state index contributed by atoms with van der Waals surface area (Å²) >= 11 is 0. The Morgan fingerprint density at radius 2 is 1.81 bits per heavy atom. The van der Waals surface area contributed by atoms with Gasteiger partial charge < -0.3 is 28.4 Å². The zero-order valence-electron chi connectivity index (χ0n) is 20.1. The lowest BCUT2D eigenvalue weighted by molar-refractivity contribution is -0.120. The summed E-state index contributed by atoms with van der Waals surface area (Å²) in [6.07, 6.45) is -0.160. The zero-order chi connectivity index (χ0) is 26.1. The van der Waals surface area contributed by atoms with Gasteiger partial charge in [0.05, 0.1) is 24.6 Å². The van der Waals surface area contributed by atoms with Crippen LogP contribution in [-0.4, -0.2) is 29.1 Å². The maximum absolute atomic E-state index is 13.0. The van der Waals surface area contributed by atoms with Crippen LogP contribution < -0.4 is 26.8 Å². The summed E-state index contributed by atoms with van der Waals surface area (Å²) in [5.41, 5.74) is 0.423. The molecule has 3 heterocycles. The van der Waals surface area contributed by atoms with Crippen molar-refractivity contribution >= 4 is 27.9 Å². The molecule has 37 heavy (non-hydrogen) atoms. The zero-order valence-corrected chi connectivity index (χ0v) is 20.1. The highest BCUT2D eigenvalue weighted by atomic mass is 16.5. The summed E-state index contributed by atoms with van der Waals surface area (Å²) in [6.45, 7) is 1.82. The van der Waals surface area contributed by atoms with E-state index in [4.69, 9.17) is 13.6 Å². The molecule has 0 spiro atoms. The Labute approximate surface area is 209 Å². The van der Waals surface area contributed by atoms with Crippen LogP contribution in [0.3, 0.4) is 0 Å². The van der Waals surface area contributed by atoms with Crippen LogP contribution in [0.1, 0.15) is 11.3 Å². The second-order valence-corrected chi connectivity index (χ2v) is 8.48. The first-order valence-corrected chi connectivity index (χ1v) is 11.5. The Bertz CT molecular complexity index is 1810. The number of aryl methyl sites for hydroxylation is 1. The van der Waals surface area contributed by atoms with E-state index in [9.17, 15) is 19.2 Å². The third kappa shape index (κ3) is 4.56. The number of amides is 1. The van der Waals surface area contributed by atoms with Crippen LogP contribution in [0.4, 0.5) is 0 Å². The molecule has 0 saturated carbocycles. The van der Waals surface area contributed by atoms with E-state index in [1.54, 1.807) is 68.6 Å². The van der Waals surface area contributed by atoms with Crippen LogP contribution in [0.5, 0.6) is 5.75 Å². The number of furan rings is 1. The van der Waals surface area contributed by atoms with Gasteiger partial charge in [0, 0.05) is 30.3 Å². The summed E-state index contributed by atoms with van der Waals surface area (Å²) in [4.78, 5) is 52.6. The minimum atomic E-state index is -0.735. The molecule has 0 bridgehead atoms. The van der Waals surface area contributed by atoms with E-state index in [0.29, 0.717) is 45.0 Å². The SMILES string of the molecule is COc1ccc(-c2oc3cc(C)oc(=O)c3c2CC(=O)NCCn2c(=O)c(=O)[nH]c3ccccc32)cc1. The van der Waals surface area contributed by atoms with Crippen molar-refractivity contribution in [1.29, 1.82) is 0 Å². The van der Waals surface area contributed by atoms with Crippen molar-refractivity contribution in [2.75, 3.05) is 13.7 Å². The molecule has 10 nitrogen and oxygen atoms in total. The molecule has 10 heteroatoms. The van der Waals surface area contributed by atoms with Crippen LogP contribution in [0.25, 0.3) is 33.3 Å². The van der Waals surface area contributed by atoms with Gasteiger partial charge in [-0.3, -0.25) is 14.4 Å². The molecule has 0 unspecified atom stereocenters. The summed E-state index contributed by atoms with van der Waals surface area (Å²) in [6, 6.07) is 15.6. The van der Waals surface area contributed by atoms with E-state index in [0.717, 1.165) is 0 Å². The highest BCUT2D eigenvalue weighted by molar-refractivity contribution is 5.92. The molecule has 188 valence electrons. The van der Waals surface area contributed by atoms with Gasteiger partial charge >= 0.3 is 16.7 Å². The fraction of sp³-hybridized carbons (Fsp3) is 0.185. The van der Waals surface area contributed by atoms with Crippen molar-refractivity contribution in [2.24, 2.45) is 0 Å². The molecule has 0 fully saturated rings. The number of benzene rings is 2. The Kier molecular flexibility index (Phi) is 6.22. The third-order valence-electron chi connectivity index (χ3n) is 6.06. The van der Waals surface area contributed by atoms with Gasteiger partial charge in [-0.25, -0.2) is 4.79 Å². The molecule has 0 aliphatic carbocycles. The van der Waals surface area contributed by atoms with E-state index in [2.05, 4.69) is 10.3 Å². The number of carbonyl (C=O) groups is 1. The molecule has 0 aliphatic heterocycles. The van der Waals surface area contributed by atoms with Gasteiger partial charge in [-0.2, -0.15) is 0 Å². The average Bonchev–Trinajstić information content (AvgIpc) is 3.24. The summed E-state index contributed by atoms with van der Waals surface area (Å²) < 4.78 is 17.8. The fourth-order valence-corrected chi connectivity index (χ4v) is 4.34. The topological polar surface area (TPSA) is 137 Å². The standard InChI is InChI=1S/C27H23N3O7/c1-15-13-21-23(27(34)36-15)18(24(37-21)16-7-9-17(35-2)10-8-16)14-22(31)28-11-12-30-20-6-4-3-5-19(20)29-25(32)26(30)33/h3-10,13H,11-12,14H2,1-2H3,(H,28,31)(H,29,32). The second-order valence-electron chi connectivity index (χ2n) is 8.48. The Hall–Kier alpha value is -4.86. The first-order chi connectivity index (χ1) is 17.9. The smallest absolute Gasteiger partial charge is 0.347 e. The number of aromatic amines is 1. The van der Waals surface area contributed by atoms with E-state index in [-0.39, 0.29) is 30.8 Å². The molecule has 2 aromatic carbocycles. The fourth-order valence-electron chi connectivity index (χ4n) is 4.34. The number of ether oxygens (including phenoxy) is 1. The minimum absolute atomic E-state index is 0.0908. The third-order valence-corrected chi connectivity index (χ3v) is 6.06. The number of nitrogens with zero attached hydrogens (tertiary/aromatic N) is 1. The normalized spacial score (nSPS) is 11.2. The molecule has 1 amide bonds. The first-order valence-electron chi connectivity index (χ1n) is 11.5. The lowest BCUT2D eigenvalue weighted by atomic mass is 10.0. The molecular formula is C27H23N3O7. The van der Waals surface area contributed by atoms with Crippen LogP contribution in [0, 0.1) is 6.92 Å². The molecule has 0 radical (unpaired) electrons. The van der Waals surface area contributed by atoms with Crippen LogP contribution >= 0.6 is 0 Å². The van der Waals surface area contributed by atoms with E-state index < -0.39 is 16.7 Å². The van der Waals surface area contributed by atoms with Gasteiger partial charge in [-0.15, -0.1) is 0 Å². The molecule has 0 atom stereocenters. The summed E-state index contributed by atoms with van der Waals surface area (Å²) in [7, 11) is 1.56. The first kappa shape index (κ1) is 23.9. The van der Waals surface area contributed by atoms with Gasteiger partial charge in [-0.1, -0.05) is 12.1 Å². The largest absolute Gasteiger partial charge is 0.497 e. The summed E-state index contributed by atoms with van der Waals surface area (Å²) in [5.74, 6) is 1.03. The number of hydrogen-bond acceptors (Lipinski definition) is 7. The maximum atomic E-state index is 13.0. The molecule has 3 aromatic heterocycles. The van der Waals surface area contributed by atoms with Gasteiger partial charge in [0.1, 0.15) is 28.2 Å². The minimum Gasteiger partial charge on any atom is -0.497 e. The molecule has 2 N–H and O–H groups in total. The predicted octanol–water partition coefficient (Wildman–Crippen LogP) is 2.73. The number of nitrogens with one attached hydrogen (secondary N) is 2. The Morgan fingerprint density at radius 3 is 2.57 bits per heavy atom. The predicted molar refractivity (Wildman–Crippen MR) is 137 cm³/mol. The number of para-hydroxylation sites is 2. The monoisotopic (exact) mass is 501 g/mol. The second kappa shape index (κ2) is 9.65. The van der Waals surface area contributed by atoms with Crippen LogP contribution in [-0.2, 0) is 17.8 Å². The van der Waals surface area contributed by atoms with Crippen molar-refractivity contribution in [3.63, 3.8) is 0 Å². The number of hydrogen-bond donors (Lipinski definition) is 2. The van der Waals surface area contributed by atoms with Gasteiger partial charge in [0.25, 0.3) is 0 Å². The van der Waals surface area contributed by atoms with Crippen molar-refractivity contribution < 1.29 is 18.4 Å². The number of methoxy groups -OCH3 is 1. The van der Waals surface area contributed by atoms with Gasteiger partial charge in [-0.05, 0) is 43.3 Å². The lowest BCUT2D eigenvalue weighted by Gasteiger charge is -2.11. The number of carbonyl (C=O) groups excluding carboxylic acids is 1. The number of fused-ring (bicyclic) bond motifs is 2. The molecule has 5 aromatic rings. The molecule has 0 saturated heterocycles. The van der Waals surface area contributed by atoms with Crippen molar-refractivity contribution in [2.45, 2.75) is 19.9 Å². The highest BCUT2D eigenvalue weighted by Gasteiger charge is 2.22. The number of aromatic nitrogens is 2. The van der Waals surface area contributed by atoms with E-state index in [1.165, 1.54) is 4.57 Å². The average molecular weight is 501 g/mol. The molecule has 0 aliphatic rings. The van der Waals surface area contributed by atoms with E-state index >= 15 is 0 Å². The van der Waals surface area contributed by atoms with Gasteiger partial charge in [0.2, 0.25) is 5.91 Å². The Morgan fingerprint density at radius 1 is 1.05 bits per heavy atom. The van der Waals surface area contributed by atoms with Gasteiger partial charge in [0.15, 0.2) is 0 Å². The lowest BCUT2D eigenvalue weighted by Crippen LogP contribution is -2.39. The summed E-state index contributed by atoms with van der Waals surface area (Å²) in [5, 5.41) is 2.97. The van der Waals surface area contributed by atoms with Crippen LogP contribution in [0.15, 0.2) is 77.8 Å². The quantitative estimate of drug-likeness (QED) is 0.327. The van der Waals surface area contributed by atoms with Crippen molar-refractivity contribution in [1.82, 2.24) is 14.9 Å². The molecule has 5 rings (SSSR count). The Balaban J connectivity index is 1.42. The van der Waals surface area contributed by atoms with Crippen molar-refractivity contribution in [3.05, 3.63) is 97.0 Å².